The number of esters is 1. The number of para-hydroxylation sites is 2. The number of carbonyl (C=O) groups is 1. The van der Waals surface area contributed by atoms with Gasteiger partial charge in [-0.15, -0.1) is 0 Å². The fraction of sp³-hybridized carbons (Fsp3) is 0.500. The van der Waals surface area contributed by atoms with Gasteiger partial charge in [0.05, 0.1) is 12.8 Å². The SMILES string of the molecule is COC(=O)C(C)N1CCN(c2ccccc2O)CC1. The van der Waals surface area contributed by atoms with Gasteiger partial charge in [0.15, 0.2) is 0 Å². The van der Waals surface area contributed by atoms with Crippen molar-refractivity contribution in [2.24, 2.45) is 0 Å². The fourth-order valence-electron chi connectivity index (χ4n) is 2.40. The second-order valence-electron chi connectivity index (χ2n) is 4.71. The number of piperazine rings is 1. The van der Waals surface area contributed by atoms with Gasteiger partial charge in [-0.1, -0.05) is 12.1 Å². The molecule has 1 aromatic rings. The number of hydrogen-bond acceptors (Lipinski definition) is 5. The Morgan fingerprint density at radius 1 is 1.26 bits per heavy atom. The summed E-state index contributed by atoms with van der Waals surface area (Å²) in [6.45, 7) is 5.01. The van der Waals surface area contributed by atoms with Gasteiger partial charge < -0.3 is 14.7 Å². The molecule has 0 aliphatic carbocycles. The topological polar surface area (TPSA) is 53.0 Å². The summed E-state index contributed by atoms with van der Waals surface area (Å²) in [6.07, 6.45) is 0. The average molecular weight is 264 g/mol. The summed E-state index contributed by atoms with van der Waals surface area (Å²) in [7, 11) is 1.41. The van der Waals surface area contributed by atoms with E-state index in [0.717, 1.165) is 31.9 Å². The number of phenolic OH excluding ortho intramolecular Hbond substituents is 1. The van der Waals surface area contributed by atoms with E-state index in [9.17, 15) is 9.90 Å². The van der Waals surface area contributed by atoms with Crippen molar-refractivity contribution in [3.05, 3.63) is 24.3 Å². The quantitative estimate of drug-likeness (QED) is 0.828. The minimum Gasteiger partial charge on any atom is -0.506 e. The molecular formula is C14H20N2O3. The van der Waals surface area contributed by atoms with Crippen molar-refractivity contribution < 1.29 is 14.6 Å². The first-order valence-corrected chi connectivity index (χ1v) is 6.48. The van der Waals surface area contributed by atoms with E-state index in [2.05, 4.69) is 9.80 Å². The lowest BCUT2D eigenvalue weighted by Crippen LogP contribution is -2.52. The molecule has 1 fully saturated rings. The first-order valence-electron chi connectivity index (χ1n) is 6.48. The Morgan fingerprint density at radius 3 is 2.47 bits per heavy atom. The fourth-order valence-corrected chi connectivity index (χ4v) is 2.40. The predicted molar refractivity (Wildman–Crippen MR) is 73.4 cm³/mol. The predicted octanol–water partition coefficient (Wildman–Crippen LogP) is 1.08. The van der Waals surface area contributed by atoms with Gasteiger partial charge >= 0.3 is 5.97 Å². The van der Waals surface area contributed by atoms with Crippen LogP contribution in [0.1, 0.15) is 6.92 Å². The largest absolute Gasteiger partial charge is 0.506 e. The number of rotatable bonds is 3. The zero-order valence-corrected chi connectivity index (χ0v) is 11.4. The Kier molecular flexibility index (Phi) is 4.27. The molecule has 0 radical (unpaired) electrons. The van der Waals surface area contributed by atoms with Crippen molar-refractivity contribution in [1.82, 2.24) is 4.90 Å². The minimum atomic E-state index is -0.212. The number of methoxy groups -OCH3 is 1. The first-order chi connectivity index (χ1) is 9.13. The number of phenols is 1. The standard InChI is InChI=1S/C14H20N2O3/c1-11(14(18)19-2)15-7-9-16(10-8-15)12-5-3-4-6-13(12)17/h3-6,11,17H,7-10H2,1-2H3. The summed E-state index contributed by atoms with van der Waals surface area (Å²) in [5.74, 6) is 0.105. The van der Waals surface area contributed by atoms with Crippen molar-refractivity contribution >= 4 is 11.7 Å². The third-order valence-electron chi connectivity index (χ3n) is 3.63. The summed E-state index contributed by atoms with van der Waals surface area (Å²) in [5.41, 5.74) is 0.855. The summed E-state index contributed by atoms with van der Waals surface area (Å²) in [5, 5.41) is 9.83. The van der Waals surface area contributed by atoms with E-state index in [0.29, 0.717) is 5.75 Å². The van der Waals surface area contributed by atoms with Gasteiger partial charge in [0, 0.05) is 26.2 Å². The van der Waals surface area contributed by atoms with Crippen LogP contribution in [0.2, 0.25) is 0 Å². The number of nitrogens with zero attached hydrogens (tertiary/aromatic N) is 2. The molecular weight excluding hydrogens is 244 g/mol. The molecule has 2 rings (SSSR count). The van der Waals surface area contributed by atoms with Crippen LogP contribution in [0.15, 0.2) is 24.3 Å². The second-order valence-corrected chi connectivity index (χ2v) is 4.71. The van der Waals surface area contributed by atoms with Crippen LogP contribution in [0.4, 0.5) is 5.69 Å². The van der Waals surface area contributed by atoms with Crippen LogP contribution in [0, 0.1) is 0 Å². The number of aromatic hydroxyl groups is 1. The number of benzene rings is 1. The molecule has 0 aromatic heterocycles. The monoisotopic (exact) mass is 264 g/mol. The Morgan fingerprint density at radius 2 is 1.89 bits per heavy atom. The highest BCUT2D eigenvalue weighted by Gasteiger charge is 2.26. The minimum absolute atomic E-state index is 0.198. The zero-order valence-electron chi connectivity index (χ0n) is 11.4. The Hall–Kier alpha value is -1.75. The van der Waals surface area contributed by atoms with Crippen LogP contribution in [0.5, 0.6) is 5.75 Å². The van der Waals surface area contributed by atoms with E-state index < -0.39 is 0 Å². The first kappa shape index (κ1) is 13.7. The Bertz CT molecular complexity index is 442. The van der Waals surface area contributed by atoms with Gasteiger partial charge in [-0.05, 0) is 19.1 Å². The summed E-state index contributed by atoms with van der Waals surface area (Å²) in [6, 6.07) is 7.12. The Balaban J connectivity index is 1.96. The van der Waals surface area contributed by atoms with Gasteiger partial charge in [0.1, 0.15) is 11.8 Å². The molecule has 1 aliphatic heterocycles. The molecule has 19 heavy (non-hydrogen) atoms. The summed E-state index contributed by atoms with van der Waals surface area (Å²) >= 11 is 0. The van der Waals surface area contributed by atoms with E-state index in [1.54, 1.807) is 6.07 Å². The van der Waals surface area contributed by atoms with Crippen LogP contribution in [0.25, 0.3) is 0 Å². The van der Waals surface area contributed by atoms with E-state index >= 15 is 0 Å². The second kappa shape index (κ2) is 5.93. The third kappa shape index (κ3) is 2.98. The molecule has 1 N–H and O–H groups in total. The number of carbonyl (C=O) groups excluding carboxylic acids is 1. The zero-order chi connectivity index (χ0) is 13.8. The van der Waals surface area contributed by atoms with Gasteiger partial charge in [-0.3, -0.25) is 9.69 Å². The van der Waals surface area contributed by atoms with Gasteiger partial charge in [0.2, 0.25) is 0 Å². The molecule has 0 amide bonds. The van der Waals surface area contributed by atoms with E-state index in [1.807, 2.05) is 25.1 Å². The highest BCUT2D eigenvalue weighted by molar-refractivity contribution is 5.75. The maximum absolute atomic E-state index is 11.5. The highest BCUT2D eigenvalue weighted by atomic mass is 16.5. The molecule has 5 heteroatoms. The highest BCUT2D eigenvalue weighted by Crippen LogP contribution is 2.27. The average Bonchev–Trinajstić information content (AvgIpc) is 2.46. The van der Waals surface area contributed by atoms with Crippen LogP contribution in [-0.2, 0) is 9.53 Å². The van der Waals surface area contributed by atoms with Gasteiger partial charge in [0.25, 0.3) is 0 Å². The molecule has 1 saturated heterocycles. The molecule has 1 unspecified atom stereocenters. The lowest BCUT2D eigenvalue weighted by atomic mass is 10.2. The van der Waals surface area contributed by atoms with Crippen molar-refractivity contribution in [1.29, 1.82) is 0 Å². The smallest absolute Gasteiger partial charge is 0.322 e. The number of ether oxygens (including phenoxy) is 1. The normalized spacial score (nSPS) is 18.1. The number of hydrogen-bond donors (Lipinski definition) is 1. The van der Waals surface area contributed by atoms with Crippen LogP contribution < -0.4 is 4.90 Å². The van der Waals surface area contributed by atoms with Crippen LogP contribution in [-0.4, -0.2) is 55.3 Å². The van der Waals surface area contributed by atoms with Crippen LogP contribution in [0.3, 0.4) is 0 Å². The van der Waals surface area contributed by atoms with Crippen molar-refractivity contribution in [2.45, 2.75) is 13.0 Å². The van der Waals surface area contributed by atoms with Crippen molar-refractivity contribution in [2.75, 3.05) is 38.2 Å². The van der Waals surface area contributed by atoms with E-state index in [-0.39, 0.29) is 12.0 Å². The molecule has 0 spiro atoms. The molecule has 1 atom stereocenters. The van der Waals surface area contributed by atoms with Gasteiger partial charge in [-0.25, -0.2) is 0 Å². The summed E-state index contributed by atoms with van der Waals surface area (Å²) in [4.78, 5) is 15.7. The molecule has 0 saturated carbocycles. The van der Waals surface area contributed by atoms with E-state index in [1.165, 1.54) is 7.11 Å². The van der Waals surface area contributed by atoms with Gasteiger partial charge in [-0.2, -0.15) is 0 Å². The molecule has 5 nitrogen and oxygen atoms in total. The lowest BCUT2D eigenvalue weighted by Gasteiger charge is -2.38. The Labute approximate surface area is 113 Å². The maximum atomic E-state index is 11.5. The van der Waals surface area contributed by atoms with E-state index in [4.69, 9.17) is 4.74 Å². The lowest BCUT2D eigenvalue weighted by molar-refractivity contribution is -0.146. The number of anilines is 1. The molecule has 0 bridgehead atoms. The molecule has 1 aliphatic rings. The van der Waals surface area contributed by atoms with Crippen LogP contribution >= 0.6 is 0 Å². The van der Waals surface area contributed by atoms with Crippen molar-refractivity contribution in [3.8, 4) is 5.75 Å². The summed E-state index contributed by atoms with van der Waals surface area (Å²) < 4.78 is 4.76. The molecule has 104 valence electrons. The van der Waals surface area contributed by atoms with Crippen molar-refractivity contribution in [3.63, 3.8) is 0 Å². The molecule has 1 heterocycles. The third-order valence-corrected chi connectivity index (χ3v) is 3.63. The molecule has 1 aromatic carbocycles. The maximum Gasteiger partial charge on any atom is 0.322 e.